The van der Waals surface area contributed by atoms with E-state index in [0.717, 1.165) is 11.3 Å². The highest BCUT2D eigenvalue weighted by Gasteiger charge is 2.27. The summed E-state index contributed by atoms with van der Waals surface area (Å²) in [6.45, 7) is 0.371. The first kappa shape index (κ1) is 16.8. The Morgan fingerprint density at radius 3 is 2.68 bits per heavy atom. The molecule has 0 bridgehead atoms. The van der Waals surface area contributed by atoms with Gasteiger partial charge >= 0.3 is 5.97 Å². The molecular weight excluding hydrogens is 322 g/mol. The van der Waals surface area contributed by atoms with Crippen LogP contribution in [0, 0.1) is 0 Å². The molecule has 0 aromatic heterocycles. The van der Waals surface area contributed by atoms with Gasteiger partial charge in [0.15, 0.2) is 6.61 Å². The number of fused-ring (bicyclic) bond motifs is 1. The lowest BCUT2D eigenvalue weighted by Gasteiger charge is -2.25. The Kier molecular flexibility index (Phi) is 5.18. The van der Waals surface area contributed by atoms with Gasteiger partial charge in [-0.2, -0.15) is 0 Å². The fourth-order valence-electron chi connectivity index (χ4n) is 2.68. The van der Waals surface area contributed by atoms with Crippen LogP contribution in [0.5, 0.6) is 11.5 Å². The molecule has 3 rings (SSSR count). The zero-order valence-electron chi connectivity index (χ0n) is 13.9. The molecule has 6 nitrogen and oxygen atoms in total. The van der Waals surface area contributed by atoms with Gasteiger partial charge in [0.25, 0.3) is 0 Å². The molecule has 0 radical (unpaired) electrons. The molecule has 1 aliphatic heterocycles. The Hall–Kier alpha value is -3.02. The van der Waals surface area contributed by atoms with Gasteiger partial charge in [-0.3, -0.25) is 4.79 Å². The second kappa shape index (κ2) is 7.70. The van der Waals surface area contributed by atoms with E-state index in [1.165, 1.54) is 7.11 Å². The number of esters is 1. The average molecular weight is 341 g/mol. The maximum atomic E-state index is 12.6. The second-order valence-corrected chi connectivity index (χ2v) is 5.61. The predicted molar refractivity (Wildman–Crippen MR) is 91.9 cm³/mol. The first-order valence-corrected chi connectivity index (χ1v) is 7.99. The minimum Gasteiger partial charge on any atom is -0.493 e. The number of para-hydroxylation sites is 1. The summed E-state index contributed by atoms with van der Waals surface area (Å²) in [5.41, 5.74) is 1.57. The molecule has 1 amide bonds. The van der Waals surface area contributed by atoms with Crippen molar-refractivity contribution in [3.8, 4) is 11.5 Å². The summed E-state index contributed by atoms with van der Waals surface area (Å²) in [6, 6.07) is 14.4. The predicted octanol–water partition coefficient (Wildman–Crippen LogP) is 2.74. The van der Waals surface area contributed by atoms with E-state index in [1.807, 2.05) is 24.3 Å². The number of hydrogen-bond acceptors (Lipinski definition) is 5. The van der Waals surface area contributed by atoms with Gasteiger partial charge < -0.3 is 19.5 Å². The zero-order valence-corrected chi connectivity index (χ0v) is 13.9. The van der Waals surface area contributed by atoms with E-state index >= 15 is 0 Å². The summed E-state index contributed by atoms with van der Waals surface area (Å²) in [6.07, 6.45) is 0.642. The summed E-state index contributed by atoms with van der Waals surface area (Å²) >= 11 is 0. The largest absolute Gasteiger partial charge is 0.493 e. The molecule has 0 aliphatic carbocycles. The van der Waals surface area contributed by atoms with Crippen LogP contribution in [0.1, 0.15) is 17.9 Å². The lowest BCUT2D eigenvalue weighted by Crippen LogP contribution is -2.26. The van der Waals surface area contributed by atoms with Crippen molar-refractivity contribution in [2.75, 3.05) is 25.6 Å². The van der Waals surface area contributed by atoms with Gasteiger partial charge in [0.1, 0.15) is 11.5 Å². The van der Waals surface area contributed by atoms with Crippen LogP contribution in [0.3, 0.4) is 0 Å². The molecule has 2 aromatic rings. The number of methoxy groups -OCH3 is 1. The smallest absolute Gasteiger partial charge is 0.343 e. The summed E-state index contributed by atoms with van der Waals surface area (Å²) < 4.78 is 15.4. The molecule has 0 fully saturated rings. The number of rotatable bonds is 5. The highest BCUT2D eigenvalue weighted by molar-refractivity contribution is 5.96. The third-order valence-electron chi connectivity index (χ3n) is 3.98. The maximum absolute atomic E-state index is 12.6. The van der Waals surface area contributed by atoms with E-state index < -0.39 is 5.97 Å². The van der Waals surface area contributed by atoms with Crippen LogP contribution in [0.15, 0.2) is 48.5 Å². The van der Waals surface area contributed by atoms with Crippen molar-refractivity contribution < 1.29 is 23.8 Å². The van der Waals surface area contributed by atoms with E-state index in [4.69, 9.17) is 9.47 Å². The van der Waals surface area contributed by atoms with Crippen molar-refractivity contribution in [3.05, 3.63) is 54.1 Å². The SMILES string of the molecule is COC(=O)COc1ccc(NC(=O)[C@H]2CCOc3ccccc32)cc1. The molecule has 130 valence electrons. The minimum absolute atomic E-state index is 0.0704. The van der Waals surface area contributed by atoms with E-state index in [1.54, 1.807) is 24.3 Å². The molecule has 0 unspecified atom stereocenters. The number of amides is 1. The molecule has 1 N–H and O–H groups in total. The Morgan fingerprint density at radius 1 is 1.16 bits per heavy atom. The second-order valence-electron chi connectivity index (χ2n) is 5.61. The lowest BCUT2D eigenvalue weighted by atomic mass is 9.92. The molecule has 2 aromatic carbocycles. The van der Waals surface area contributed by atoms with Crippen molar-refractivity contribution in [2.45, 2.75) is 12.3 Å². The van der Waals surface area contributed by atoms with Crippen molar-refractivity contribution in [1.82, 2.24) is 0 Å². The lowest BCUT2D eigenvalue weighted by molar-refractivity contribution is -0.142. The van der Waals surface area contributed by atoms with E-state index in [9.17, 15) is 9.59 Å². The Morgan fingerprint density at radius 2 is 1.92 bits per heavy atom. The quantitative estimate of drug-likeness (QED) is 0.847. The van der Waals surface area contributed by atoms with E-state index in [-0.39, 0.29) is 18.4 Å². The minimum atomic E-state index is -0.449. The van der Waals surface area contributed by atoms with Crippen molar-refractivity contribution >= 4 is 17.6 Å². The van der Waals surface area contributed by atoms with Crippen LogP contribution in [0.25, 0.3) is 0 Å². The van der Waals surface area contributed by atoms with Gasteiger partial charge in [-0.15, -0.1) is 0 Å². The Balaban J connectivity index is 1.63. The Bertz CT molecular complexity index is 757. The van der Waals surface area contributed by atoms with Crippen LogP contribution in [0.2, 0.25) is 0 Å². The number of carbonyl (C=O) groups is 2. The molecule has 1 heterocycles. The number of nitrogens with one attached hydrogen (secondary N) is 1. The van der Waals surface area contributed by atoms with E-state index in [2.05, 4.69) is 10.1 Å². The summed E-state index contributed by atoms with van der Waals surface area (Å²) in [5.74, 6) is 0.537. The molecule has 6 heteroatoms. The maximum Gasteiger partial charge on any atom is 0.343 e. The third-order valence-corrected chi connectivity index (χ3v) is 3.98. The molecule has 1 atom stereocenters. The fourth-order valence-corrected chi connectivity index (χ4v) is 2.68. The monoisotopic (exact) mass is 341 g/mol. The number of carbonyl (C=O) groups excluding carboxylic acids is 2. The summed E-state index contributed by atoms with van der Waals surface area (Å²) in [7, 11) is 1.30. The van der Waals surface area contributed by atoms with Gasteiger partial charge in [0, 0.05) is 11.3 Å². The first-order chi connectivity index (χ1) is 12.2. The van der Waals surface area contributed by atoms with Gasteiger partial charge in [-0.05, 0) is 36.8 Å². The highest BCUT2D eigenvalue weighted by Crippen LogP contribution is 2.34. The van der Waals surface area contributed by atoms with E-state index in [0.29, 0.717) is 24.5 Å². The van der Waals surface area contributed by atoms with Crippen molar-refractivity contribution in [1.29, 1.82) is 0 Å². The number of benzene rings is 2. The van der Waals surface area contributed by atoms with Gasteiger partial charge in [-0.1, -0.05) is 18.2 Å². The number of hydrogen-bond donors (Lipinski definition) is 1. The van der Waals surface area contributed by atoms with Gasteiger partial charge in [0.05, 0.1) is 19.6 Å². The summed E-state index contributed by atoms with van der Waals surface area (Å²) in [5, 5.41) is 2.91. The standard InChI is InChI=1S/C19H19NO5/c1-23-18(21)12-25-14-8-6-13(7-9-14)20-19(22)16-10-11-24-17-5-3-2-4-15(16)17/h2-9,16H,10-12H2,1H3,(H,20,22)/t16-/m0/s1. The highest BCUT2D eigenvalue weighted by atomic mass is 16.6. The van der Waals surface area contributed by atoms with Gasteiger partial charge in [0.2, 0.25) is 5.91 Å². The van der Waals surface area contributed by atoms with Crippen LogP contribution in [-0.2, 0) is 14.3 Å². The van der Waals surface area contributed by atoms with Crippen LogP contribution >= 0.6 is 0 Å². The van der Waals surface area contributed by atoms with Gasteiger partial charge in [-0.25, -0.2) is 4.79 Å². The van der Waals surface area contributed by atoms with Crippen LogP contribution in [-0.4, -0.2) is 32.2 Å². The molecule has 0 saturated heterocycles. The average Bonchev–Trinajstić information content (AvgIpc) is 2.66. The zero-order chi connectivity index (χ0) is 17.6. The number of anilines is 1. The van der Waals surface area contributed by atoms with Crippen molar-refractivity contribution in [2.24, 2.45) is 0 Å². The topological polar surface area (TPSA) is 73.9 Å². The van der Waals surface area contributed by atoms with Crippen LogP contribution in [0.4, 0.5) is 5.69 Å². The molecule has 0 spiro atoms. The fraction of sp³-hybridized carbons (Fsp3) is 0.263. The molecule has 1 aliphatic rings. The molecule has 25 heavy (non-hydrogen) atoms. The summed E-state index contributed by atoms with van der Waals surface area (Å²) in [4.78, 5) is 23.7. The third kappa shape index (κ3) is 4.09. The number of ether oxygens (including phenoxy) is 3. The van der Waals surface area contributed by atoms with Crippen LogP contribution < -0.4 is 14.8 Å². The van der Waals surface area contributed by atoms with Crippen molar-refractivity contribution in [3.63, 3.8) is 0 Å². The Labute approximate surface area is 145 Å². The normalized spacial score (nSPS) is 15.5. The molecular formula is C19H19NO5. The first-order valence-electron chi connectivity index (χ1n) is 7.99. The molecule has 0 saturated carbocycles.